The predicted molar refractivity (Wildman–Crippen MR) is 82.7 cm³/mol. The van der Waals surface area contributed by atoms with Crippen LogP contribution in [0.4, 0.5) is 8.78 Å². The van der Waals surface area contributed by atoms with E-state index in [0.717, 1.165) is 38.2 Å². The topological polar surface area (TPSA) is 65.7 Å². The van der Waals surface area contributed by atoms with Gasteiger partial charge in [0.15, 0.2) is 0 Å². The molecule has 0 atom stereocenters. The van der Waals surface area contributed by atoms with Gasteiger partial charge < -0.3 is 4.98 Å². The van der Waals surface area contributed by atoms with Crippen LogP contribution >= 0.6 is 0 Å². The van der Waals surface area contributed by atoms with Crippen molar-refractivity contribution >= 4 is 0 Å². The van der Waals surface area contributed by atoms with E-state index in [4.69, 9.17) is 0 Å². The lowest BCUT2D eigenvalue weighted by atomic mass is 9.84. The summed E-state index contributed by atoms with van der Waals surface area (Å²) in [5.41, 5.74) is 0.155. The average Bonchev–Trinajstić information content (AvgIpc) is 2.52. The summed E-state index contributed by atoms with van der Waals surface area (Å²) in [7, 11) is 0. The summed E-state index contributed by atoms with van der Waals surface area (Å²) in [5.74, 6) is -1.24. The van der Waals surface area contributed by atoms with Crippen molar-refractivity contribution in [2.75, 3.05) is 0 Å². The highest BCUT2D eigenvalue weighted by atomic mass is 19.1. The molecule has 0 amide bonds. The lowest BCUT2D eigenvalue weighted by molar-refractivity contribution is 0.432. The first kappa shape index (κ1) is 15.6. The van der Waals surface area contributed by atoms with Crippen LogP contribution < -0.4 is 11.2 Å². The summed E-state index contributed by atoms with van der Waals surface area (Å²) in [6.45, 7) is 0. The molecule has 122 valence electrons. The fourth-order valence-corrected chi connectivity index (χ4v) is 3.30. The molecule has 1 aliphatic carbocycles. The van der Waals surface area contributed by atoms with Crippen molar-refractivity contribution in [1.29, 1.82) is 0 Å². The standard InChI is InChI=1S/C17H18F2N2O2/c18-12-7-6-11(14(19)9-12)8-13-15(10-4-2-1-3-5-10)20-17(23)21-16(13)22/h6-7,9-10H,1-5,8H2,(H2,20,21,22,23). The first-order valence-corrected chi connectivity index (χ1v) is 7.84. The molecule has 0 saturated heterocycles. The summed E-state index contributed by atoms with van der Waals surface area (Å²) >= 11 is 0. The third kappa shape index (κ3) is 3.41. The fraction of sp³-hybridized carbons (Fsp3) is 0.412. The molecule has 1 aliphatic rings. The van der Waals surface area contributed by atoms with Crippen LogP contribution in [0, 0.1) is 11.6 Å². The second-order valence-corrected chi connectivity index (χ2v) is 6.05. The molecule has 2 N–H and O–H groups in total. The van der Waals surface area contributed by atoms with E-state index in [2.05, 4.69) is 9.97 Å². The second kappa shape index (κ2) is 6.48. The number of hydrogen-bond donors (Lipinski definition) is 2. The minimum absolute atomic E-state index is 0.0318. The maximum absolute atomic E-state index is 13.9. The molecular formula is C17H18F2N2O2. The second-order valence-electron chi connectivity index (χ2n) is 6.05. The summed E-state index contributed by atoms with van der Waals surface area (Å²) in [4.78, 5) is 28.8. The van der Waals surface area contributed by atoms with Gasteiger partial charge in [0, 0.05) is 23.7 Å². The average molecular weight is 320 g/mol. The number of rotatable bonds is 3. The monoisotopic (exact) mass is 320 g/mol. The van der Waals surface area contributed by atoms with Gasteiger partial charge in [0.2, 0.25) is 0 Å². The summed E-state index contributed by atoms with van der Waals surface area (Å²) in [5, 5.41) is 0. The molecule has 3 rings (SSSR count). The summed E-state index contributed by atoms with van der Waals surface area (Å²) in [6.07, 6.45) is 5.07. The van der Waals surface area contributed by atoms with Gasteiger partial charge in [0.05, 0.1) is 0 Å². The van der Waals surface area contributed by atoms with E-state index >= 15 is 0 Å². The number of nitrogens with one attached hydrogen (secondary N) is 2. The Balaban J connectivity index is 2.03. The Morgan fingerprint density at radius 1 is 1.04 bits per heavy atom. The van der Waals surface area contributed by atoms with Crippen LogP contribution in [0.25, 0.3) is 0 Å². The number of H-pyrrole nitrogens is 2. The van der Waals surface area contributed by atoms with Crippen LogP contribution in [0.1, 0.15) is 54.8 Å². The van der Waals surface area contributed by atoms with Gasteiger partial charge in [0.25, 0.3) is 5.56 Å². The number of halogens is 2. The third-order valence-electron chi connectivity index (χ3n) is 4.47. The largest absolute Gasteiger partial charge is 0.325 e. The van der Waals surface area contributed by atoms with E-state index in [1.807, 2.05) is 0 Å². The highest BCUT2D eigenvalue weighted by Crippen LogP contribution is 2.32. The lowest BCUT2D eigenvalue weighted by Gasteiger charge is -2.23. The molecule has 6 heteroatoms. The molecule has 1 aromatic carbocycles. The maximum Gasteiger partial charge on any atom is 0.325 e. The molecule has 0 spiro atoms. The van der Waals surface area contributed by atoms with Crippen molar-refractivity contribution in [2.24, 2.45) is 0 Å². The van der Waals surface area contributed by atoms with Gasteiger partial charge >= 0.3 is 5.69 Å². The number of aromatic amines is 2. The van der Waals surface area contributed by atoms with Gasteiger partial charge in [-0.05, 0) is 30.4 Å². The van der Waals surface area contributed by atoms with Crippen LogP contribution in [0.5, 0.6) is 0 Å². The Morgan fingerprint density at radius 2 is 1.78 bits per heavy atom. The minimum Gasteiger partial charge on any atom is -0.311 e. The normalized spacial score (nSPS) is 15.7. The van der Waals surface area contributed by atoms with Crippen LogP contribution in [-0.2, 0) is 6.42 Å². The van der Waals surface area contributed by atoms with Gasteiger partial charge in [-0.3, -0.25) is 9.78 Å². The molecule has 4 nitrogen and oxygen atoms in total. The highest BCUT2D eigenvalue weighted by Gasteiger charge is 2.22. The van der Waals surface area contributed by atoms with Gasteiger partial charge in [0.1, 0.15) is 11.6 Å². The first-order chi connectivity index (χ1) is 11.0. The smallest absolute Gasteiger partial charge is 0.311 e. The zero-order valence-corrected chi connectivity index (χ0v) is 12.6. The molecule has 1 fully saturated rings. The molecular weight excluding hydrogens is 302 g/mol. The van der Waals surface area contributed by atoms with Crippen molar-refractivity contribution < 1.29 is 8.78 Å². The third-order valence-corrected chi connectivity index (χ3v) is 4.47. The summed E-state index contributed by atoms with van der Waals surface area (Å²) < 4.78 is 26.9. The Hall–Kier alpha value is -2.24. The molecule has 0 bridgehead atoms. The van der Waals surface area contributed by atoms with Crippen LogP contribution in [-0.4, -0.2) is 9.97 Å². The lowest BCUT2D eigenvalue weighted by Crippen LogP contribution is -2.30. The highest BCUT2D eigenvalue weighted by molar-refractivity contribution is 5.30. The van der Waals surface area contributed by atoms with Crippen LogP contribution in [0.3, 0.4) is 0 Å². The zero-order valence-electron chi connectivity index (χ0n) is 12.6. The van der Waals surface area contributed by atoms with E-state index in [0.29, 0.717) is 11.3 Å². The molecule has 1 aromatic heterocycles. The Morgan fingerprint density at radius 3 is 2.48 bits per heavy atom. The molecule has 0 radical (unpaired) electrons. The molecule has 1 saturated carbocycles. The van der Waals surface area contributed by atoms with Crippen LogP contribution in [0.15, 0.2) is 27.8 Å². The van der Waals surface area contributed by atoms with E-state index in [-0.39, 0.29) is 17.9 Å². The molecule has 0 aliphatic heterocycles. The van der Waals surface area contributed by atoms with Crippen molar-refractivity contribution in [2.45, 2.75) is 44.4 Å². The van der Waals surface area contributed by atoms with Crippen LogP contribution in [0.2, 0.25) is 0 Å². The van der Waals surface area contributed by atoms with Crippen molar-refractivity contribution in [3.05, 3.63) is 67.5 Å². The Labute approximate surface area is 131 Å². The van der Waals surface area contributed by atoms with Gasteiger partial charge in [-0.25, -0.2) is 13.6 Å². The number of hydrogen-bond acceptors (Lipinski definition) is 2. The van der Waals surface area contributed by atoms with Crippen molar-refractivity contribution in [3.8, 4) is 0 Å². The summed E-state index contributed by atoms with van der Waals surface area (Å²) in [6, 6.07) is 3.30. The zero-order chi connectivity index (χ0) is 16.4. The molecule has 1 heterocycles. The minimum atomic E-state index is -0.690. The molecule has 0 unspecified atom stereocenters. The van der Waals surface area contributed by atoms with Crippen molar-refractivity contribution in [3.63, 3.8) is 0 Å². The molecule has 23 heavy (non-hydrogen) atoms. The van der Waals surface area contributed by atoms with Gasteiger partial charge in [-0.2, -0.15) is 0 Å². The maximum atomic E-state index is 13.9. The number of aromatic nitrogens is 2. The quantitative estimate of drug-likeness (QED) is 0.913. The van der Waals surface area contributed by atoms with Gasteiger partial charge in [-0.1, -0.05) is 25.3 Å². The SMILES string of the molecule is O=c1[nH]c(C2CCCCC2)c(Cc2ccc(F)cc2F)c(=O)[nH]1. The van der Waals surface area contributed by atoms with E-state index in [9.17, 15) is 18.4 Å². The van der Waals surface area contributed by atoms with E-state index in [1.165, 1.54) is 12.1 Å². The van der Waals surface area contributed by atoms with Crippen molar-refractivity contribution in [1.82, 2.24) is 9.97 Å². The van der Waals surface area contributed by atoms with Gasteiger partial charge in [-0.15, -0.1) is 0 Å². The molecule has 2 aromatic rings. The predicted octanol–water partition coefficient (Wildman–Crippen LogP) is 2.98. The first-order valence-electron chi connectivity index (χ1n) is 7.84. The Kier molecular flexibility index (Phi) is 4.41. The van der Waals surface area contributed by atoms with E-state index < -0.39 is 22.9 Å². The fourth-order valence-electron chi connectivity index (χ4n) is 3.30. The van der Waals surface area contributed by atoms with E-state index in [1.54, 1.807) is 0 Å². The number of benzene rings is 1. The Bertz CT molecular complexity index is 820.